The van der Waals surface area contributed by atoms with Crippen LogP contribution < -0.4 is 5.32 Å². The average Bonchev–Trinajstić information content (AvgIpc) is 2.31. The summed E-state index contributed by atoms with van der Waals surface area (Å²) in [7, 11) is -2.91. The van der Waals surface area contributed by atoms with E-state index in [0.717, 1.165) is 23.6 Å². The van der Waals surface area contributed by atoms with Gasteiger partial charge in [0.1, 0.15) is 9.84 Å². The van der Waals surface area contributed by atoms with Gasteiger partial charge in [0.05, 0.1) is 5.75 Å². The van der Waals surface area contributed by atoms with Crippen LogP contribution in [0, 0.1) is 5.92 Å². The molecule has 0 spiro atoms. The fourth-order valence-corrected chi connectivity index (χ4v) is 3.03. The van der Waals surface area contributed by atoms with Gasteiger partial charge in [-0.2, -0.15) is 0 Å². The average molecular weight is 318 g/mol. The predicted molar refractivity (Wildman–Crippen MR) is 86.1 cm³/mol. The third-order valence-electron chi connectivity index (χ3n) is 3.13. The highest BCUT2D eigenvalue weighted by molar-refractivity contribution is 7.90. The van der Waals surface area contributed by atoms with Gasteiger partial charge in [-0.3, -0.25) is 0 Å². The quantitative estimate of drug-likeness (QED) is 0.802. The van der Waals surface area contributed by atoms with Crippen LogP contribution in [0.25, 0.3) is 0 Å². The number of nitrogens with one attached hydrogen (secondary N) is 1. The monoisotopic (exact) mass is 317 g/mol. The highest BCUT2D eigenvalue weighted by Crippen LogP contribution is 2.17. The lowest BCUT2D eigenvalue weighted by molar-refractivity contribution is 0.435. The standard InChI is InChI=1S/C15H24ClNO2S/c1-12(2)17-11-14(7-8-20(3,18)19)9-13-5-4-6-15(16)10-13/h4-6,10,12,14,17H,7-9,11H2,1-3H3. The Morgan fingerprint density at radius 3 is 2.55 bits per heavy atom. The summed E-state index contributed by atoms with van der Waals surface area (Å²) >= 11 is 5.99. The maximum absolute atomic E-state index is 11.3. The van der Waals surface area contributed by atoms with E-state index in [1.165, 1.54) is 6.26 Å². The van der Waals surface area contributed by atoms with Gasteiger partial charge < -0.3 is 5.32 Å². The van der Waals surface area contributed by atoms with Crippen LogP contribution in [0.5, 0.6) is 0 Å². The Labute approximate surface area is 127 Å². The molecule has 20 heavy (non-hydrogen) atoms. The zero-order valence-electron chi connectivity index (χ0n) is 12.4. The first-order valence-corrected chi connectivity index (χ1v) is 9.35. The van der Waals surface area contributed by atoms with Crippen LogP contribution in [0.3, 0.4) is 0 Å². The van der Waals surface area contributed by atoms with Crippen molar-refractivity contribution in [1.82, 2.24) is 5.32 Å². The molecule has 1 aromatic rings. The van der Waals surface area contributed by atoms with Crippen molar-refractivity contribution in [3.63, 3.8) is 0 Å². The van der Waals surface area contributed by atoms with Crippen molar-refractivity contribution >= 4 is 21.4 Å². The molecule has 0 aliphatic carbocycles. The zero-order valence-corrected chi connectivity index (χ0v) is 14.0. The molecule has 1 unspecified atom stereocenters. The van der Waals surface area contributed by atoms with E-state index in [1.807, 2.05) is 24.3 Å². The van der Waals surface area contributed by atoms with E-state index in [2.05, 4.69) is 19.2 Å². The smallest absolute Gasteiger partial charge is 0.147 e. The van der Waals surface area contributed by atoms with Crippen molar-refractivity contribution < 1.29 is 8.42 Å². The minimum atomic E-state index is -2.91. The number of sulfone groups is 1. The van der Waals surface area contributed by atoms with Gasteiger partial charge in [0.2, 0.25) is 0 Å². The molecule has 1 N–H and O–H groups in total. The summed E-state index contributed by atoms with van der Waals surface area (Å²) in [5.41, 5.74) is 1.15. The van der Waals surface area contributed by atoms with Gasteiger partial charge in [0.15, 0.2) is 0 Å². The minimum absolute atomic E-state index is 0.234. The van der Waals surface area contributed by atoms with E-state index < -0.39 is 9.84 Å². The Morgan fingerprint density at radius 2 is 2.00 bits per heavy atom. The molecule has 0 radical (unpaired) electrons. The van der Waals surface area contributed by atoms with E-state index in [-0.39, 0.29) is 5.75 Å². The molecule has 0 aromatic heterocycles. The summed E-state index contributed by atoms with van der Waals surface area (Å²) in [6.07, 6.45) is 2.81. The van der Waals surface area contributed by atoms with Crippen molar-refractivity contribution in [3.05, 3.63) is 34.9 Å². The molecule has 0 amide bonds. The number of hydrogen-bond acceptors (Lipinski definition) is 3. The predicted octanol–water partition coefficient (Wildman–Crippen LogP) is 2.93. The Kier molecular flexibility index (Phi) is 7.00. The van der Waals surface area contributed by atoms with Crippen molar-refractivity contribution in [2.24, 2.45) is 5.92 Å². The van der Waals surface area contributed by atoms with Gasteiger partial charge in [0.25, 0.3) is 0 Å². The first-order valence-electron chi connectivity index (χ1n) is 6.92. The molecule has 1 atom stereocenters. The highest BCUT2D eigenvalue weighted by Gasteiger charge is 2.14. The van der Waals surface area contributed by atoms with Gasteiger partial charge in [0, 0.05) is 17.3 Å². The first kappa shape index (κ1) is 17.5. The van der Waals surface area contributed by atoms with Crippen molar-refractivity contribution in [2.45, 2.75) is 32.7 Å². The van der Waals surface area contributed by atoms with E-state index >= 15 is 0 Å². The summed E-state index contributed by atoms with van der Waals surface area (Å²) in [6.45, 7) is 5.00. The van der Waals surface area contributed by atoms with E-state index in [4.69, 9.17) is 11.6 Å². The molecule has 0 fully saturated rings. The largest absolute Gasteiger partial charge is 0.314 e. The molecular weight excluding hydrogens is 294 g/mol. The topological polar surface area (TPSA) is 46.2 Å². The lowest BCUT2D eigenvalue weighted by Gasteiger charge is -2.19. The van der Waals surface area contributed by atoms with Crippen molar-refractivity contribution in [3.8, 4) is 0 Å². The van der Waals surface area contributed by atoms with Gasteiger partial charge in [-0.15, -0.1) is 0 Å². The van der Waals surface area contributed by atoms with Crippen molar-refractivity contribution in [2.75, 3.05) is 18.6 Å². The molecule has 0 saturated carbocycles. The number of hydrogen-bond donors (Lipinski definition) is 1. The van der Waals surface area contributed by atoms with Crippen LogP contribution in [0.2, 0.25) is 5.02 Å². The molecule has 1 aromatic carbocycles. The Balaban J connectivity index is 2.66. The minimum Gasteiger partial charge on any atom is -0.314 e. The third-order valence-corrected chi connectivity index (χ3v) is 4.34. The van der Waals surface area contributed by atoms with E-state index in [1.54, 1.807) is 0 Å². The van der Waals surface area contributed by atoms with E-state index in [9.17, 15) is 8.42 Å². The lowest BCUT2D eigenvalue weighted by Crippen LogP contribution is -2.31. The zero-order chi connectivity index (χ0) is 15.2. The van der Waals surface area contributed by atoms with Crippen LogP contribution in [0.1, 0.15) is 25.8 Å². The van der Waals surface area contributed by atoms with Gasteiger partial charge in [-0.25, -0.2) is 8.42 Å². The Hall–Kier alpha value is -0.580. The third kappa shape index (κ3) is 7.88. The lowest BCUT2D eigenvalue weighted by atomic mass is 9.96. The van der Waals surface area contributed by atoms with Crippen LogP contribution >= 0.6 is 11.6 Å². The maximum Gasteiger partial charge on any atom is 0.147 e. The normalized spacial score (nSPS) is 13.7. The highest BCUT2D eigenvalue weighted by atomic mass is 35.5. The summed E-state index contributed by atoms with van der Waals surface area (Å²) < 4.78 is 22.7. The number of benzene rings is 1. The second kappa shape index (κ2) is 8.01. The fraction of sp³-hybridized carbons (Fsp3) is 0.600. The molecule has 5 heteroatoms. The molecule has 1 rings (SSSR count). The molecule has 0 aliphatic rings. The first-order chi connectivity index (χ1) is 9.26. The molecule has 3 nitrogen and oxygen atoms in total. The molecule has 114 valence electrons. The fourth-order valence-electron chi connectivity index (χ4n) is 2.06. The summed E-state index contributed by atoms with van der Waals surface area (Å²) in [5.74, 6) is 0.531. The van der Waals surface area contributed by atoms with E-state index in [0.29, 0.717) is 18.4 Å². The number of halogens is 1. The summed E-state index contributed by atoms with van der Waals surface area (Å²) in [6, 6.07) is 8.17. The van der Waals surface area contributed by atoms with Crippen LogP contribution in [0.15, 0.2) is 24.3 Å². The van der Waals surface area contributed by atoms with Crippen molar-refractivity contribution in [1.29, 1.82) is 0 Å². The van der Waals surface area contributed by atoms with Crippen LogP contribution in [0.4, 0.5) is 0 Å². The molecule has 0 bridgehead atoms. The molecule has 0 saturated heterocycles. The molecule has 0 heterocycles. The van der Waals surface area contributed by atoms with Crippen LogP contribution in [-0.4, -0.2) is 33.0 Å². The molecule has 0 aliphatic heterocycles. The Bertz CT molecular complexity index is 514. The second-order valence-corrected chi connectivity index (χ2v) is 8.38. The summed E-state index contributed by atoms with van der Waals surface area (Å²) in [4.78, 5) is 0. The van der Waals surface area contributed by atoms with Gasteiger partial charge in [-0.1, -0.05) is 37.6 Å². The van der Waals surface area contributed by atoms with Crippen LogP contribution in [-0.2, 0) is 16.3 Å². The molecular formula is C15H24ClNO2S. The van der Waals surface area contributed by atoms with Gasteiger partial charge >= 0.3 is 0 Å². The maximum atomic E-state index is 11.3. The SMILES string of the molecule is CC(C)NCC(CCS(C)(=O)=O)Cc1cccc(Cl)c1. The second-order valence-electron chi connectivity index (χ2n) is 5.68. The number of rotatable bonds is 8. The van der Waals surface area contributed by atoms with Gasteiger partial charge in [-0.05, 0) is 43.0 Å². The Morgan fingerprint density at radius 1 is 1.30 bits per heavy atom. The summed E-state index contributed by atoms with van der Waals surface area (Å²) in [5, 5.41) is 4.11.